The van der Waals surface area contributed by atoms with Gasteiger partial charge in [0.15, 0.2) is 5.65 Å². The van der Waals surface area contributed by atoms with Crippen molar-refractivity contribution in [3.05, 3.63) is 18.6 Å². The molecule has 2 aromatic heterocycles. The van der Waals surface area contributed by atoms with E-state index in [9.17, 15) is 0 Å². The molecule has 1 N–H and O–H groups in total. The number of rotatable bonds is 1. The van der Waals surface area contributed by atoms with Crippen LogP contribution >= 0.6 is 0 Å². The molecule has 5 nitrogen and oxygen atoms in total. The van der Waals surface area contributed by atoms with E-state index in [2.05, 4.69) is 20.5 Å². The molecule has 0 saturated heterocycles. The maximum atomic E-state index is 3.91. The summed E-state index contributed by atoms with van der Waals surface area (Å²) in [6.07, 6.45) is 5.16. The monoisotopic (exact) mass is 149 g/mol. The lowest BCUT2D eigenvalue weighted by Gasteiger charge is -1.94. The molecule has 0 fully saturated rings. The van der Waals surface area contributed by atoms with Gasteiger partial charge in [0.25, 0.3) is 0 Å². The van der Waals surface area contributed by atoms with E-state index in [1.807, 2.05) is 4.40 Å². The second-order valence-electron chi connectivity index (χ2n) is 2.08. The number of aromatic nitrogens is 4. The largest absolute Gasteiger partial charge is 0.357 e. The van der Waals surface area contributed by atoms with E-state index in [4.69, 9.17) is 0 Å². The molecule has 2 rings (SSSR count). The van der Waals surface area contributed by atoms with E-state index in [1.165, 1.54) is 0 Å². The summed E-state index contributed by atoms with van der Waals surface area (Å²) in [5, 5.41) is 10.7. The van der Waals surface area contributed by atoms with Crippen LogP contribution in [0.3, 0.4) is 0 Å². The number of nitrogens with zero attached hydrogens (tertiary/aromatic N) is 4. The highest BCUT2D eigenvalue weighted by Crippen LogP contribution is 2.03. The molecule has 0 aliphatic heterocycles. The van der Waals surface area contributed by atoms with Gasteiger partial charge in [0, 0.05) is 19.4 Å². The van der Waals surface area contributed by atoms with E-state index >= 15 is 0 Å². The molecule has 5 heteroatoms. The number of hydrogen-bond donors (Lipinski definition) is 1. The lowest BCUT2D eigenvalue weighted by Crippen LogP contribution is -1.94. The zero-order valence-corrected chi connectivity index (χ0v) is 6.02. The molecule has 11 heavy (non-hydrogen) atoms. The van der Waals surface area contributed by atoms with Gasteiger partial charge in [-0.15, -0.1) is 10.2 Å². The van der Waals surface area contributed by atoms with Gasteiger partial charge < -0.3 is 5.32 Å². The Morgan fingerprint density at radius 1 is 1.45 bits per heavy atom. The fraction of sp³-hybridized carbons (Fsp3) is 0.167. The Hall–Kier alpha value is -1.65. The van der Waals surface area contributed by atoms with Gasteiger partial charge in [0.2, 0.25) is 5.95 Å². The maximum Gasteiger partial charge on any atom is 0.228 e. The van der Waals surface area contributed by atoms with E-state index in [0.29, 0.717) is 0 Å². The minimum atomic E-state index is 0.724. The smallest absolute Gasteiger partial charge is 0.228 e. The van der Waals surface area contributed by atoms with Crippen molar-refractivity contribution in [1.82, 2.24) is 19.6 Å². The fourth-order valence-electron chi connectivity index (χ4n) is 0.924. The molecule has 56 valence electrons. The standard InChI is InChI=1S/C6H7N5/c1-7-6-10-9-5-4-8-2-3-11(5)6/h2-4H,1H3,(H,7,10). The van der Waals surface area contributed by atoms with Gasteiger partial charge in [-0.3, -0.25) is 9.38 Å². The predicted octanol–water partition coefficient (Wildman–Crippen LogP) is 0.166. The van der Waals surface area contributed by atoms with Crippen LogP contribution in [-0.4, -0.2) is 26.6 Å². The Kier molecular flexibility index (Phi) is 1.21. The summed E-state index contributed by atoms with van der Waals surface area (Å²) in [5.74, 6) is 0.724. The Morgan fingerprint density at radius 2 is 2.36 bits per heavy atom. The van der Waals surface area contributed by atoms with Crippen LogP contribution in [0.5, 0.6) is 0 Å². The van der Waals surface area contributed by atoms with Crippen LogP contribution in [0.25, 0.3) is 5.65 Å². The van der Waals surface area contributed by atoms with E-state index in [-0.39, 0.29) is 0 Å². The summed E-state index contributed by atoms with van der Waals surface area (Å²) >= 11 is 0. The summed E-state index contributed by atoms with van der Waals surface area (Å²) < 4.78 is 1.83. The third-order valence-corrected chi connectivity index (χ3v) is 1.44. The molecule has 2 heterocycles. The molecular weight excluding hydrogens is 142 g/mol. The van der Waals surface area contributed by atoms with Crippen LogP contribution in [0.15, 0.2) is 18.6 Å². The van der Waals surface area contributed by atoms with Crippen molar-refractivity contribution < 1.29 is 0 Å². The normalized spacial score (nSPS) is 10.3. The average Bonchev–Trinajstić information content (AvgIpc) is 2.47. The van der Waals surface area contributed by atoms with Crippen LogP contribution in [0, 0.1) is 0 Å². The number of anilines is 1. The third kappa shape index (κ3) is 0.813. The molecule has 0 amide bonds. The minimum Gasteiger partial charge on any atom is -0.357 e. The molecule has 0 atom stereocenters. The van der Waals surface area contributed by atoms with Gasteiger partial charge in [0.1, 0.15) is 0 Å². The van der Waals surface area contributed by atoms with Crippen molar-refractivity contribution in [1.29, 1.82) is 0 Å². The first-order chi connectivity index (χ1) is 5.42. The maximum absolute atomic E-state index is 3.91. The van der Waals surface area contributed by atoms with Crippen molar-refractivity contribution >= 4 is 11.6 Å². The summed E-state index contributed by atoms with van der Waals surface area (Å²) in [6.45, 7) is 0. The lowest BCUT2D eigenvalue weighted by molar-refractivity contribution is 1.09. The first kappa shape index (κ1) is 6.09. The summed E-state index contributed by atoms with van der Waals surface area (Å²) in [5.41, 5.74) is 0.747. The Labute approximate surface area is 63.1 Å². The summed E-state index contributed by atoms with van der Waals surface area (Å²) in [6, 6.07) is 0. The average molecular weight is 149 g/mol. The fourth-order valence-corrected chi connectivity index (χ4v) is 0.924. The molecule has 2 aromatic rings. The van der Waals surface area contributed by atoms with E-state index in [0.717, 1.165) is 11.6 Å². The van der Waals surface area contributed by atoms with Gasteiger partial charge >= 0.3 is 0 Å². The predicted molar refractivity (Wildman–Crippen MR) is 40.3 cm³/mol. The minimum absolute atomic E-state index is 0.724. The first-order valence-electron chi connectivity index (χ1n) is 3.24. The molecule has 0 aliphatic rings. The quantitative estimate of drug-likeness (QED) is 0.627. The zero-order chi connectivity index (χ0) is 7.68. The van der Waals surface area contributed by atoms with Crippen LogP contribution in [0.4, 0.5) is 5.95 Å². The van der Waals surface area contributed by atoms with Crippen molar-refractivity contribution in [3.63, 3.8) is 0 Å². The topological polar surface area (TPSA) is 55.1 Å². The molecule has 0 unspecified atom stereocenters. The van der Waals surface area contributed by atoms with Gasteiger partial charge in [-0.05, 0) is 0 Å². The molecular formula is C6H7N5. The van der Waals surface area contributed by atoms with E-state index < -0.39 is 0 Å². The van der Waals surface area contributed by atoms with Gasteiger partial charge in [-0.25, -0.2) is 0 Å². The lowest BCUT2D eigenvalue weighted by atomic mass is 10.7. The van der Waals surface area contributed by atoms with Crippen LogP contribution in [0.2, 0.25) is 0 Å². The van der Waals surface area contributed by atoms with Crippen molar-refractivity contribution in [2.24, 2.45) is 0 Å². The Bertz CT molecular complexity index is 366. The third-order valence-electron chi connectivity index (χ3n) is 1.44. The number of fused-ring (bicyclic) bond motifs is 1. The number of hydrogen-bond acceptors (Lipinski definition) is 4. The second-order valence-corrected chi connectivity index (χ2v) is 2.08. The zero-order valence-electron chi connectivity index (χ0n) is 6.02. The Balaban J connectivity index is 2.76. The molecule has 0 spiro atoms. The van der Waals surface area contributed by atoms with Crippen molar-refractivity contribution in [3.8, 4) is 0 Å². The molecule has 0 bridgehead atoms. The summed E-state index contributed by atoms with van der Waals surface area (Å²) in [7, 11) is 1.80. The first-order valence-corrected chi connectivity index (χ1v) is 3.24. The highest BCUT2D eigenvalue weighted by atomic mass is 15.3. The highest BCUT2D eigenvalue weighted by Gasteiger charge is 1.99. The van der Waals surface area contributed by atoms with Crippen molar-refractivity contribution in [2.45, 2.75) is 0 Å². The number of nitrogens with one attached hydrogen (secondary N) is 1. The van der Waals surface area contributed by atoms with Crippen LogP contribution < -0.4 is 5.32 Å². The van der Waals surface area contributed by atoms with Gasteiger partial charge in [-0.2, -0.15) is 0 Å². The molecule has 0 aliphatic carbocycles. The molecule has 0 radical (unpaired) electrons. The SMILES string of the molecule is CNc1nnc2cnccn12. The summed E-state index contributed by atoms with van der Waals surface area (Å²) in [4.78, 5) is 3.91. The second kappa shape index (κ2) is 2.19. The van der Waals surface area contributed by atoms with Gasteiger partial charge in [-0.1, -0.05) is 0 Å². The molecule has 0 aromatic carbocycles. The van der Waals surface area contributed by atoms with Crippen LogP contribution in [-0.2, 0) is 0 Å². The van der Waals surface area contributed by atoms with Crippen LogP contribution in [0.1, 0.15) is 0 Å². The van der Waals surface area contributed by atoms with E-state index in [1.54, 1.807) is 25.6 Å². The molecule has 0 saturated carbocycles. The Morgan fingerprint density at radius 3 is 3.18 bits per heavy atom. The van der Waals surface area contributed by atoms with Gasteiger partial charge in [0.05, 0.1) is 6.20 Å². The van der Waals surface area contributed by atoms with Crippen molar-refractivity contribution in [2.75, 3.05) is 12.4 Å². The highest BCUT2D eigenvalue weighted by molar-refractivity contribution is 5.41.